The maximum Gasteiger partial charge on any atom is 0.286 e. The van der Waals surface area contributed by atoms with E-state index in [1.165, 1.54) is 29.4 Å². The number of aryl methyl sites for hydroxylation is 1. The lowest BCUT2D eigenvalue weighted by molar-refractivity contribution is -0.113. The maximum absolute atomic E-state index is 12.6. The maximum atomic E-state index is 12.6. The summed E-state index contributed by atoms with van der Waals surface area (Å²) in [5.41, 5.74) is 6.06. The van der Waals surface area contributed by atoms with Gasteiger partial charge in [0, 0.05) is 50.5 Å². The first-order valence-electron chi connectivity index (χ1n) is 12.7. The van der Waals surface area contributed by atoms with Crippen LogP contribution in [0.5, 0.6) is 0 Å². The number of amides is 1. The van der Waals surface area contributed by atoms with Crippen LogP contribution < -0.4 is 4.90 Å². The zero-order valence-electron chi connectivity index (χ0n) is 20.9. The van der Waals surface area contributed by atoms with Crippen LogP contribution in [0.3, 0.4) is 0 Å². The fourth-order valence-electron chi connectivity index (χ4n) is 5.13. The number of nitrogens with zero attached hydrogens (tertiary/aromatic N) is 7. The molecule has 2 saturated heterocycles. The van der Waals surface area contributed by atoms with E-state index in [1.807, 2.05) is 28.9 Å². The van der Waals surface area contributed by atoms with Crippen molar-refractivity contribution in [3.63, 3.8) is 0 Å². The van der Waals surface area contributed by atoms with Crippen molar-refractivity contribution in [3.8, 4) is 11.3 Å². The molecule has 3 aliphatic heterocycles. The number of piperazine rings is 1. The molecule has 0 unspecified atom stereocenters. The first-order chi connectivity index (χ1) is 17.5. The van der Waals surface area contributed by atoms with Gasteiger partial charge in [-0.2, -0.15) is 10.1 Å². The third kappa shape index (κ3) is 4.53. The molecule has 1 amide bonds. The number of anilines is 1. The van der Waals surface area contributed by atoms with Gasteiger partial charge in [-0.3, -0.25) is 4.79 Å². The van der Waals surface area contributed by atoms with Gasteiger partial charge in [0.05, 0.1) is 22.5 Å². The largest absolute Gasteiger partial charge is 0.369 e. The number of thioether (sulfide) groups is 1. The number of fused-ring (bicyclic) bond motifs is 1. The van der Waals surface area contributed by atoms with Gasteiger partial charge in [0.2, 0.25) is 0 Å². The Bertz CT molecular complexity index is 1360. The normalized spacial score (nSPS) is 20.6. The summed E-state index contributed by atoms with van der Waals surface area (Å²) in [5.74, 6) is -0.177. The number of carbonyl (C=O) groups is 1. The van der Waals surface area contributed by atoms with Gasteiger partial charge in [0.25, 0.3) is 5.91 Å². The molecule has 9 heteroatoms. The van der Waals surface area contributed by atoms with Crippen LogP contribution in [0.4, 0.5) is 5.69 Å². The van der Waals surface area contributed by atoms with Crippen molar-refractivity contribution in [3.05, 3.63) is 52.7 Å². The van der Waals surface area contributed by atoms with Crippen molar-refractivity contribution in [2.75, 3.05) is 51.2 Å². The van der Waals surface area contributed by atoms with Crippen molar-refractivity contribution >= 4 is 40.2 Å². The van der Waals surface area contributed by atoms with Crippen molar-refractivity contribution in [2.45, 2.75) is 26.2 Å². The molecule has 0 atom stereocenters. The molecule has 2 aromatic heterocycles. The molecule has 186 valence electrons. The van der Waals surface area contributed by atoms with E-state index in [-0.39, 0.29) is 5.91 Å². The van der Waals surface area contributed by atoms with Crippen LogP contribution in [0.15, 0.2) is 46.4 Å². The number of piperidine rings is 1. The molecule has 3 aliphatic rings. The highest BCUT2D eigenvalue weighted by Crippen LogP contribution is 2.32. The van der Waals surface area contributed by atoms with Crippen LogP contribution in [0, 0.1) is 6.92 Å². The van der Waals surface area contributed by atoms with E-state index in [9.17, 15) is 4.79 Å². The molecule has 2 fully saturated rings. The molecule has 3 aromatic rings. The summed E-state index contributed by atoms with van der Waals surface area (Å²) in [7, 11) is 2.18. The van der Waals surface area contributed by atoms with Crippen LogP contribution in [0.25, 0.3) is 23.0 Å². The van der Waals surface area contributed by atoms with Crippen LogP contribution in [0.1, 0.15) is 30.5 Å². The Balaban J connectivity index is 1.25. The summed E-state index contributed by atoms with van der Waals surface area (Å²) in [4.78, 5) is 29.2. The molecule has 6 rings (SSSR count). The Morgan fingerprint density at radius 2 is 1.75 bits per heavy atom. The van der Waals surface area contributed by atoms with Crippen molar-refractivity contribution in [1.82, 2.24) is 24.4 Å². The van der Waals surface area contributed by atoms with E-state index in [0.29, 0.717) is 4.91 Å². The first kappa shape index (κ1) is 23.2. The number of likely N-dealkylation sites (tertiary alicyclic amines) is 1. The summed E-state index contributed by atoms with van der Waals surface area (Å²) in [6.45, 7) is 8.39. The Morgan fingerprint density at radius 1 is 0.944 bits per heavy atom. The molecular formula is C27H31N7OS. The molecule has 0 aliphatic carbocycles. The minimum atomic E-state index is -0.177. The summed E-state index contributed by atoms with van der Waals surface area (Å²) in [6, 6.07) is 10.5. The molecule has 0 saturated carbocycles. The van der Waals surface area contributed by atoms with E-state index in [0.717, 1.165) is 79.9 Å². The molecule has 0 bridgehead atoms. The predicted octanol–water partition coefficient (Wildman–Crippen LogP) is 3.91. The van der Waals surface area contributed by atoms with Gasteiger partial charge in [-0.1, -0.05) is 6.07 Å². The second kappa shape index (κ2) is 9.71. The molecule has 1 aromatic carbocycles. The number of imidazole rings is 1. The molecule has 0 spiro atoms. The average molecular weight is 502 g/mol. The fourth-order valence-corrected chi connectivity index (χ4v) is 6.08. The summed E-state index contributed by atoms with van der Waals surface area (Å²) in [5, 5.41) is 5.65. The second-order valence-electron chi connectivity index (χ2n) is 9.82. The number of hydrogen-bond donors (Lipinski definition) is 0. The zero-order chi connectivity index (χ0) is 24.6. The highest BCUT2D eigenvalue weighted by Gasteiger charge is 2.27. The molecule has 36 heavy (non-hydrogen) atoms. The van der Waals surface area contributed by atoms with Gasteiger partial charge in [0.15, 0.2) is 10.8 Å². The molecular weight excluding hydrogens is 470 g/mol. The Kier molecular flexibility index (Phi) is 6.27. The van der Waals surface area contributed by atoms with Gasteiger partial charge in [-0.05, 0) is 80.9 Å². The van der Waals surface area contributed by atoms with E-state index < -0.39 is 0 Å². The number of rotatable bonds is 3. The number of hydrogen-bond acceptors (Lipinski definition) is 7. The third-order valence-electron chi connectivity index (χ3n) is 7.23. The minimum Gasteiger partial charge on any atom is -0.369 e. The number of likely N-dealkylation sites (N-methyl/N-ethyl adjacent to an activating group) is 1. The monoisotopic (exact) mass is 501 g/mol. The van der Waals surface area contributed by atoms with Gasteiger partial charge >= 0.3 is 0 Å². The first-order valence-corrected chi connectivity index (χ1v) is 13.5. The van der Waals surface area contributed by atoms with Crippen molar-refractivity contribution in [2.24, 2.45) is 4.99 Å². The van der Waals surface area contributed by atoms with Crippen molar-refractivity contribution < 1.29 is 4.79 Å². The standard InChI is InChI=1S/C27H31N7OS/c1-19-16-20(6-8-22(19)32-14-12-31(2)13-15-32)23-18-28-25-9-7-21(30-34(23)25)17-24-26(35)29-27(36-24)33-10-4-3-5-11-33/h6-9,16-18H,3-5,10-15H2,1-2H3. The average Bonchev–Trinajstić information content (AvgIpc) is 3.48. The van der Waals surface area contributed by atoms with Crippen LogP contribution >= 0.6 is 11.8 Å². The molecule has 5 heterocycles. The fraction of sp³-hybridized carbons (Fsp3) is 0.407. The smallest absolute Gasteiger partial charge is 0.286 e. The third-order valence-corrected chi connectivity index (χ3v) is 8.28. The van der Waals surface area contributed by atoms with E-state index in [2.05, 4.69) is 56.8 Å². The van der Waals surface area contributed by atoms with E-state index >= 15 is 0 Å². The second-order valence-corrected chi connectivity index (χ2v) is 10.8. The highest BCUT2D eigenvalue weighted by atomic mass is 32.2. The number of aliphatic imine (C=N–C) groups is 1. The minimum absolute atomic E-state index is 0.177. The molecule has 8 nitrogen and oxygen atoms in total. The topological polar surface area (TPSA) is 69.3 Å². The summed E-state index contributed by atoms with van der Waals surface area (Å²) < 4.78 is 1.87. The van der Waals surface area contributed by atoms with Gasteiger partial charge in [-0.15, -0.1) is 0 Å². The Hall–Kier alpha value is -3.17. The van der Waals surface area contributed by atoms with Gasteiger partial charge < -0.3 is 14.7 Å². The van der Waals surface area contributed by atoms with Gasteiger partial charge in [0.1, 0.15) is 0 Å². The molecule has 0 radical (unpaired) electrons. The highest BCUT2D eigenvalue weighted by molar-refractivity contribution is 8.18. The lowest BCUT2D eigenvalue weighted by Crippen LogP contribution is -2.44. The lowest BCUT2D eigenvalue weighted by Gasteiger charge is -2.35. The number of benzene rings is 1. The Labute approximate surface area is 215 Å². The SMILES string of the molecule is Cc1cc(-c2cnc3ccc(C=C4SC(N5CCCCC5)=NC4=O)nn23)ccc1N1CCN(C)CC1. The van der Waals surface area contributed by atoms with Crippen molar-refractivity contribution in [1.29, 1.82) is 0 Å². The number of carbonyl (C=O) groups excluding carboxylic acids is 1. The van der Waals surface area contributed by atoms with Crippen LogP contribution in [-0.4, -0.2) is 81.8 Å². The van der Waals surface area contributed by atoms with Crippen LogP contribution in [0.2, 0.25) is 0 Å². The molecule has 0 N–H and O–H groups in total. The summed E-state index contributed by atoms with van der Waals surface area (Å²) in [6.07, 6.45) is 7.28. The van der Waals surface area contributed by atoms with Gasteiger partial charge in [-0.25, -0.2) is 9.50 Å². The zero-order valence-corrected chi connectivity index (χ0v) is 21.7. The quantitative estimate of drug-likeness (QED) is 0.504. The predicted molar refractivity (Wildman–Crippen MR) is 146 cm³/mol. The van der Waals surface area contributed by atoms with E-state index in [4.69, 9.17) is 5.10 Å². The summed E-state index contributed by atoms with van der Waals surface area (Å²) >= 11 is 1.46. The number of aromatic nitrogens is 3. The van der Waals surface area contributed by atoms with E-state index in [1.54, 1.807) is 0 Å². The Morgan fingerprint density at radius 3 is 2.53 bits per heavy atom. The lowest BCUT2D eigenvalue weighted by atomic mass is 10.1. The van der Waals surface area contributed by atoms with Crippen LogP contribution in [-0.2, 0) is 4.79 Å². The number of amidine groups is 1.